The summed E-state index contributed by atoms with van der Waals surface area (Å²) in [5.74, 6) is -0.453. The van der Waals surface area contributed by atoms with E-state index in [1.54, 1.807) is 6.92 Å². The number of rotatable bonds is 5. The van der Waals surface area contributed by atoms with Crippen LogP contribution in [0.4, 0.5) is 0 Å². The van der Waals surface area contributed by atoms with Crippen molar-refractivity contribution in [1.82, 2.24) is 9.55 Å². The van der Waals surface area contributed by atoms with Gasteiger partial charge in [-0.1, -0.05) is 0 Å². The number of aromatic nitrogens is 2. The fraction of sp³-hybridized carbons (Fsp3) is 0.333. The Morgan fingerprint density at radius 1 is 1.30 bits per heavy atom. The molecule has 9 heteroatoms. The molecule has 3 rings (SSSR count). The van der Waals surface area contributed by atoms with Crippen LogP contribution in [0.15, 0.2) is 21.6 Å². The standard InChI is InChI=1S/C18H18N2O6S/c1-9-11(3)27-16-15(9)17(22)20(8-19-16)6-14(21)25-7-12-5-13(10(2)26-12)18(23)24-4/h5,8H,6-7H2,1-4H3. The second-order valence-corrected chi connectivity index (χ2v) is 7.18. The van der Waals surface area contributed by atoms with E-state index >= 15 is 0 Å². The maximum Gasteiger partial charge on any atom is 0.341 e. The Bertz CT molecular complexity index is 1090. The zero-order valence-corrected chi connectivity index (χ0v) is 16.1. The number of thiophene rings is 1. The summed E-state index contributed by atoms with van der Waals surface area (Å²) in [5, 5.41) is 0.525. The quantitative estimate of drug-likeness (QED) is 0.617. The van der Waals surface area contributed by atoms with Crippen LogP contribution in [0.25, 0.3) is 10.2 Å². The summed E-state index contributed by atoms with van der Waals surface area (Å²) in [4.78, 5) is 42.2. The Hall–Kier alpha value is -2.94. The van der Waals surface area contributed by atoms with Crippen LogP contribution >= 0.6 is 11.3 Å². The predicted octanol–water partition coefficient (Wildman–Crippen LogP) is 2.51. The van der Waals surface area contributed by atoms with E-state index in [0.29, 0.717) is 21.7 Å². The lowest BCUT2D eigenvalue weighted by Crippen LogP contribution is -2.25. The van der Waals surface area contributed by atoms with Crippen molar-refractivity contribution >= 4 is 33.5 Å². The van der Waals surface area contributed by atoms with Crippen molar-refractivity contribution in [2.24, 2.45) is 0 Å². The highest BCUT2D eigenvalue weighted by atomic mass is 32.1. The number of ether oxygens (including phenoxy) is 2. The van der Waals surface area contributed by atoms with Gasteiger partial charge in [0.05, 0.1) is 18.8 Å². The number of carbonyl (C=O) groups is 2. The summed E-state index contributed by atoms with van der Waals surface area (Å²) in [6, 6.07) is 1.46. The van der Waals surface area contributed by atoms with Crippen LogP contribution in [0.3, 0.4) is 0 Å². The highest BCUT2D eigenvalue weighted by molar-refractivity contribution is 7.18. The Balaban J connectivity index is 1.71. The molecule has 0 fully saturated rings. The lowest BCUT2D eigenvalue weighted by atomic mass is 10.2. The molecule has 0 spiro atoms. The topological polar surface area (TPSA) is 101 Å². The van der Waals surface area contributed by atoms with Gasteiger partial charge in [-0.3, -0.25) is 14.2 Å². The van der Waals surface area contributed by atoms with E-state index in [1.165, 1.54) is 35.4 Å². The minimum atomic E-state index is -0.614. The van der Waals surface area contributed by atoms with Crippen LogP contribution in [0.5, 0.6) is 0 Å². The zero-order chi connectivity index (χ0) is 19.7. The third-order valence-electron chi connectivity index (χ3n) is 4.20. The van der Waals surface area contributed by atoms with Gasteiger partial charge in [0.25, 0.3) is 5.56 Å². The van der Waals surface area contributed by atoms with Gasteiger partial charge < -0.3 is 13.9 Å². The molecule has 0 aliphatic heterocycles. The molecule has 0 amide bonds. The number of hydrogen-bond acceptors (Lipinski definition) is 8. The summed E-state index contributed by atoms with van der Waals surface area (Å²) in [5.41, 5.74) is 0.870. The van der Waals surface area contributed by atoms with Crippen molar-refractivity contribution in [3.63, 3.8) is 0 Å². The molecule has 0 saturated heterocycles. The maximum absolute atomic E-state index is 12.6. The number of carbonyl (C=O) groups excluding carboxylic acids is 2. The van der Waals surface area contributed by atoms with Gasteiger partial charge in [-0.05, 0) is 32.4 Å². The maximum atomic E-state index is 12.6. The fourth-order valence-electron chi connectivity index (χ4n) is 2.65. The number of methoxy groups -OCH3 is 1. The monoisotopic (exact) mass is 390 g/mol. The van der Waals surface area contributed by atoms with Crippen LogP contribution in [0, 0.1) is 20.8 Å². The molecule has 0 radical (unpaired) electrons. The number of nitrogens with zero attached hydrogens (tertiary/aromatic N) is 2. The molecule has 3 heterocycles. The Labute approximate surface area is 158 Å². The Morgan fingerprint density at radius 2 is 2.04 bits per heavy atom. The second-order valence-electron chi connectivity index (χ2n) is 5.98. The van der Waals surface area contributed by atoms with Crippen molar-refractivity contribution in [3.8, 4) is 0 Å². The van der Waals surface area contributed by atoms with Crippen LogP contribution in [-0.4, -0.2) is 28.6 Å². The molecular weight excluding hydrogens is 372 g/mol. The van der Waals surface area contributed by atoms with Crippen LogP contribution in [0.2, 0.25) is 0 Å². The van der Waals surface area contributed by atoms with Crippen molar-refractivity contribution in [2.45, 2.75) is 33.9 Å². The van der Waals surface area contributed by atoms with Crippen molar-refractivity contribution < 1.29 is 23.5 Å². The highest BCUT2D eigenvalue weighted by Crippen LogP contribution is 2.25. The van der Waals surface area contributed by atoms with Gasteiger partial charge in [-0.2, -0.15) is 0 Å². The molecule has 0 aromatic carbocycles. The van der Waals surface area contributed by atoms with Crippen molar-refractivity contribution in [1.29, 1.82) is 0 Å². The largest absolute Gasteiger partial charge is 0.465 e. The SMILES string of the molecule is COC(=O)c1cc(COC(=O)Cn2cnc3sc(C)c(C)c3c2=O)oc1C. The van der Waals surface area contributed by atoms with E-state index in [-0.39, 0.29) is 24.3 Å². The molecule has 3 aromatic heterocycles. The van der Waals surface area contributed by atoms with Crippen LogP contribution in [0.1, 0.15) is 32.3 Å². The molecule has 0 aliphatic carbocycles. The minimum Gasteiger partial charge on any atom is -0.465 e. The number of furan rings is 1. The Morgan fingerprint density at radius 3 is 2.74 bits per heavy atom. The molecular formula is C18H18N2O6S. The smallest absolute Gasteiger partial charge is 0.341 e. The van der Waals surface area contributed by atoms with Gasteiger partial charge in [0.15, 0.2) is 0 Å². The molecule has 0 saturated carbocycles. The van der Waals surface area contributed by atoms with Crippen LogP contribution < -0.4 is 5.56 Å². The van der Waals surface area contributed by atoms with Crippen LogP contribution in [-0.2, 0) is 27.4 Å². The molecule has 27 heavy (non-hydrogen) atoms. The van der Waals surface area contributed by atoms with Gasteiger partial charge in [-0.25, -0.2) is 9.78 Å². The molecule has 0 N–H and O–H groups in total. The minimum absolute atomic E-state index is 0.155. The number of hydrogen-bond donors (Lipinski definition) is 0. The van der Waals surface area contributed by atoms with E-state index in [1.807, 2.05) is 13.8 Å². The predicted molar refractivity (Wildman–Crippen MR) is 97.9 cm³/mol. The second kappa shape index (κ2) is 7.36. The average molecular weight is 390 g/mol. The molecule has 0 bridgehead atoms. The van der Waals surface area contributed by atoms with Crippen molar-refractivity contribution in [3.05, 3.63) is 50.3 Å². The average Bonchev–Trinajstić information content (AvgIpc) is 3.15. The summed E-state index contributed by atoms with van der Waals surface area (Å²) in [6.45, 7) is 4.98. The normalized spacial score (nSPS) is 11.0. The third-order valence-corrected chi connectivity index (χ3v) is 5.32. The fourth-order valence-corrected chi connectivity index (χ4v) is 3.63. The lowest BCUT2D eigenvalue weighted by molar-refractivity contribution is -0.146. The van der Waals surface area contributed by atoms with E-state index in [4.69, 9.17) is 9.15 Å². The van der Waals surface area contributed by atoms with Gasteiger partial charge in [-0.15, -0.1) is 11.3 Å². The number of fused-ring (bicyclic) bond motifs is 1. The summed E-state index contributed by atoms with van der Waals surface area (Å²) < 4.78 is 16.4. The molecule has 3 aromatic rings. The van der Waals surface area contributed by atoms with E-state index < -0.39 is 11.9 Å². The lowest BCUT2D eigenvalue weighted by Gasteiger charge is -2.06. The number of esters is 2. The van der Waals surface area contributed by atoms with Gasteiger partial charge in [0.2, 0.25) is 0 Å². The first-order chi connectivity index (χ1) is 12.8. The molecule has 8 nitrogen and oxygen atoms in total. The number of aryl methyl sites for hydroxylation is 3. The van der Waals surface area contributed by atoms with Gasteiger partial charge >= 0.3 is 11.9 Å². The first-order valence-corrected chi connectivity index (χ1v) is 8.91. The third kappa shape index (κ3) is 3.63. The van der Waals surface area contributed by atoms with E-state index in [2.05, 4.69) is 9.72 Å². The van der Waals surface area contributed by atoms with E-state index in [9.17, 15) is 14.4 Å². The summed E-state index contributed by atoms with van der Waals surface area (Å²) in [6.07, 6.45) is 1.34. The zero-order valence-electron chi connectivity index (χ0n) is 15.3. The molecule has 0 atom stereocenters. The Kier molecular flexibility index (Phi) is 5.13. The first-order valence-electron chi connectivity index (χ1n) is 8.10. The van der Waals surface area contributed by atoms with E-state index in [0.717, 1.165) is 10.4 Å². The van der Waals surface area contributed by atoms with Gasteiger partial charge in [0, 0.05) is 4.88 Å². The molecule has 0 aliphatic rings. The van der Waals surface area contributed by atoms with Crippen molar-refractivity contribution in [2.75, 3.05) is 7.11 Å². The highest BCUT2D eigenvalue weighted by Gasteiger charge is 2.17. The summed E-state index contributed by atoms with van der Waals surface area (Å²) in [7, 11) is 1.27. The molecule has 0 unspecified atom stereocenters. The first kappa shape index (κ1) is 18.8. The summed E-state index contributed by atoms with van der Waals surface area (Å²) >= 11 is 1.45. The van der Waals surface area contributed by atoms with Gasteiger partial charge in [0.1, 0.15) is 35.1 Å². The molecule has 142 valence electrons.